The normalized spacial score (nSPS) is 17.7. The second kappa shape index (κ2) is 6.54. The molecule has 104 valence electrons. The minimum Gasteiger partial charge on any atom is -0.445 e. The third kappa shape index (κ3) is 3.94. The zero-order valence-corrected chi connectivity index (χ0v) is 10.9. The molecule has 1 aromatic carbocycles. The fraction of sp³-hybridized carbons (Fsp3) is 0.500. The van der Waals surface area contributed by atoms with Gasteiger partial charge in [0.05, 0.1) is 5.54 Å². The number of ether oxygens (including phenoxy) is 2. The number of nitrogens with one attached hydrogen (secondary N) is 1. The van der Waals surface area contributed by atoms with Crippen molar-refractivity contribution in [3.05, 3.63) is 35.9 Å². The number of amides is 1. The number of benzene rings is 1. The standard InChI is InChI=1S/C14H20N2O3/c15-11-14(6-8-18-9-7-14)16-13(17)19-10-12-4-2-1-3-5-12/h1-5H,6-11,15H2,(H,16,17). The van der Waals surface area contributed by atoms with E-state index in [0.29, 0.717) is 19.8 Å². The zero-order chi connectivity index (χ0) is 13.6. The van der Waals surface area contributed by atoms with Crippen LogP contribution in [0.4, 0.5) is 4.79 Å². The summed E-state index contributed by atoms with van der Waals surface area (Å²) in [4.78, 5) is 11.8. The van der Waals surface area contributed by atoms with E-state index in [1.54, 1.807) is 0 Å². The molecule has 2 rings (SSSR count). The molecule has 1 aliphatic rings. The lowest BCUT2D eigenvalue weighted by molar-refractivity contribution is 0.0376. The molecule has 5 nitrogen and oxygen atoms in total. The van der Waals surface area contributed by atoms with Gasteiger partial charge in [-0.15, -0.1) is 0 Å². The van der Waals surface area contributed by atoms with Crippen molar-refractivity contribution in [2.75, 3.05) is 19.8 Å². The Morgan fingerprint density at radius 3 is 2.63 bits per heavy atom. The number of rotatable bonds is 4. The van der Waals surface area contributed by atoms with Crippen LogP contribution in [-0.2, 0) is 16.1 Å². The van der Waals surface area contributed by atoms with Crippen LogP contribution in [0.5, 0.6) is 0 Å². The van der Waals surface area contributed by atoms with Crippen LogP contribution in [0.1, 0.15) is 18.4 Å². The first-order valence-electron chi connectivity index (χ1n) is 6.51. The second-order valence-corrected chi connectivity index (χ2v) is 4.78. The van der Waals surface area contributed by atoms with E-state index in [0.717, 1.165) is 18.4 Å². The van der Waals surface area contributed by atoms with Crippen molar-refractivity contribution in [1.29, 1.82) is 0 Å². The van der Waals surface area contributed by atoms with Crippen molar-refractivity contribution in [3.8, 4) is 0 Å². The SMILES string of the molecule is NCC1(NC(=O)OCc2ccccc2)CCOCC1. The average molecular weight is 264 g/mol. The summed E-state index contributed by atoms with van der Waals surface area (Å²) in [6, 6.07) is 9.59. The average Bonchev–Trinajstić information content (AvgIpc) is 2.47. The van der Waals surface area contributed by atoms with Gasteiger partial charge >= 0.3 is 6.09 Å². The van der Waals surface area contributed by atoms with Gasteiger partial charge in [-0.05, 0) is 18.4 Å². The maximum absolute atomic E-state index is 11.8. The molecule has 0 unspecified atom stereocenters. The molecule has 1 amide bonds. The molecule has 3 N–H and O–H groups in total. The molecular weight excluding hydrogens is 244 g/mol. The topological polar surface area (TPSA) is 73.6 Å². The van der Waals surface area contributed by atoms with Crippen molar-refractivity contribution < 1.29 is 14.3 Å². The number of hydrogen-bond donors (Lipinski definition) is 2. The molecule has 1 saturated heterocycles. The van der Waals surface area contributed by atoms with Gasteiger partial charge in [-0.2, -0.15) is 0 Å². The summed E-state index contributed by atoms with van der Waals surface area (Å²) in [5.41, 5.74) is 6.35. The van der Waals surface area contributed by atoms with Crippen molar-refractivity contribution in [2.45, 2.75) is 25.0 Å². The third-order valence-corrected chi connectivity index (χ3v) is 3.42. The van der Waals surface area contributed by atoms with Crippen LogP contribution in [0.3, 0.4) is 0 Å². The molecule has 1 fully saturated rings. The Labute approximate surface area is 113 Å². The molecule has 0 atom stereocenters. The summed E-state index contributed by atoms with van der Waals surface area (Å²) >= 11 is 0. The Morgan fingerprint density at radius 1 is 1.32 bits per heavy atom. The van der Waals surface area contributed by atoms with Gasteiger partial charge in [-0.3, -0.25) is 0 Å². The van der Waals surface area contributed by atoms with Crippen LogP contribution in [0.25, 0.3) is 0 Å². The molecule has 0 spiro atoms. The Balaban J connectivity index is 1.83. The summed E-state index contributed by atoms with van der Waals surface area (Å²) in [5.74, 6) is 0. The maximum atomic E-state index is 11.8. The summed E-state index contributed by atoms with van der Waals surface area (Å²) in [7, 11) is 0. The molecule has 0 saturated carbocycles. The zero-order valence-electron chi connectivity index (χ0n) is 10.9. The molecule has 1 aliphatic heterocycles. The van der Waals surface area contributed by atoms with Crippen LogP contribution in [0.15, 0.2) is 30.3 Å². The highest BCUT2D eigenvalue weighted by Crippen LogP contribution is 2.19. The van der Waals surface area contributed by atoms with Crippen molar-refractivity contribution in [3.63, 3.8) is 0 Å². The van der Waals surface area contributed by atoms with E-state index in [1.165, 1.54) is 0 Å². The van der Waals surface area contributed by atoms with Gasteiger partial charge in [-0.1, -0.05) is 30.3 Å². The van der Waals surface area contributed by atoms with Crippen LogP contribution in [0.2, 0.25) is 0 Å². The van der Waals surface area contributed by atoms with Gasteiger partial charge in [0.2, 0.25) is 0 Å². The Morgan fingerprint density at radius 2 is 2.00 bits per heavy atom. The quantitative estimate of drug-likeness (QED) is 0.862. The predicted molar refractivity (Wildman–Crippen MR) is 71.6 cm³/mol. The number of carbonyl (C=O) groups is 1. The summed E-state index contributed by atoms with van der Waals surface area (Å²) < 4.78 is 10.5. The van der Waals surface area contributed by atoms with E-state index in [-0.39, 0.29) is 12.1 Å². The largest absolute Gasteiger partial charge is 0.445 e. The Kier molecular flexibility index (Phi) is 4.76. The lowest BCUT2D eigenvalue weighted by Gasteiger charge is -2.36. The van der Waals surface area contributed by atoms with E-state index < -0.39 is 6.09 Å². The predicted octanol–water partition coefficient (Wildman–Crippen LogP) is 1.42. The van der Waals surface area contributed by atoms with Crippen molar-refractivity contribution in [1.82, 2.24) is 5.32 Å². The number of alkyl carbamates (subject to hydrolysis) is 1. The number of hydrogen-bond acceptors (Lipinski definition) is 4. The van der Waals surface area contributed by atoms with Gasteiger partial charge < -0.3 is 20.5 Å². The Hall–Kier alpha value is -1.59. The summed E-state index contributed by atoms with van der Waals surface area (Å²) in [6.07, 6.45) is 1.03. The van der Waals surface area contributed by atoms with E-state index in [4.69, 9.17) is 15.2 Å². The smallest absolute Gasteiger partial charge is 0.407 e. The van der Waals surface area contributed by atoms with Gasteiger partial charge in [0.1, 0.15) is 6.61 Å². The van der Waals surface area contributed by atoms with Gasteiger partial charge in [0.15, 0.2) is 0 Å². The van der Waals surface area contributed by atoms with Crippen molar-refractivity contribution in [2.24, 2.45) is 5.73 Å². The molecule has 5 heteroatoms. The molecule has 19 heavy (non-hydrogen) atoms. The Bertz CT molecular complexity index is 402. The van der Waals surface area contributed by atoms with E-state index in [1.807, 2.05) is 30.3 Å². The van der Waals surface area contributed by atoms with Crippen molar-refractivity contribution >= 4 is 6.09 Å². The molecule has 0 bridgehead atoms. The summed E-state index contributed by atoms with van der Waals surface area (Å²) in [5, 5.41) is 2.89. The molecule has 0 aliphatic carbocycles. The first-order valence-corrected chi connectivity index (χ1v) is 6.51. The first kappa shape index (κ1) is 13.8. The molecule has 1 heterocycles. The maximum Gasteiger partial charge on any atom is 0.407 e. The lowest BCUT2D eigenvalue weighted by atomic mass is 9.90. The minimum atomic E-state index is -0.420. The van der Waals surface area contributed by atoms with Gasteiger partial charge in [-0.25, -0.2) is 4.79 Å². The first-order chi connectivity index (χ1) is 9.24. The number of nitrogens with two attached hydrogens (primary N) is 1. The van der Waals surface area contributed by atoms with E-state index in [9.17, 15) is 4.79 Å². The lowest BCUT2D eigenvalue weighted by Crippen LogP contribution is -2.56. The van der Waals surface area contributed by atoms with Crippen LogP contribution in [0, 0.1) is 0 Å². The minimum absolute atomic E-state index is 0.268. The fourth-order valence-electron chi connectivity index (χ4n) is 2.12. The molecule has 1 aromatic rings. The number of carbonyl (C=O) groups excluding carboxylic acids is 1. The molecular formula is C14H20N2O3. The highest BCUT2D eigenvalue weighted by molar-refractivity contribution is 5.68. The third-order valence-electron chi connectivity index (χ3n) is 3.42. The van der Waals surface area contributed by atoms with E-state index >= 15 is 0 Å². The monoisotopic (exact) mass is 264 g/mol. The van der Waals surface area contributed by atoms with Crippen LogP contribution < -0.4 is 11.1 Å². The van der Waals surface area contributed by atoms with Crippen LogP contribution >= 0.6 is 0 Å². The molecule has 0 radical (unpaired) electrons. The highest BCUT2D eigenvalue weighted by atomic mass is 16.5. The van der Waals surface area contributed by atoms with Gasteiger partial charge in [0.25, 0.3) is 0 Å². The fourth-order valence-corrected chi connectivity index (χ4v) is 2.12. The summed E-state index contributed by atoms with van der Waals surface area (Å²) in [6.45, 7) is 1.91. The highest BCUT2D eigenvalue weighted by Gasteiger charge is 2.33. The van der Waals surface area contributed by atoms with Gasteiger partial charge in [0, 0.05) is 19.8 Å². The molecule has 0 aromatic heterocycles. The van der Waals surface area contributed by atoms with E-state index in [2.05, 4.69) is 5.32 Å². The second-order valence-electron chi connectivity index (χ2n) is 4.78. The van der Waals surface area contributed by atoms with Crippen LogP contribution in [-0.4, -0.2) is 31.4 Å².